The van der Waals surface area contributed by atoms with Gasteiger partial charge in [0.2, 0.25) is 5.91 Å². The fourth-order valence-corrected chi connectivity index (χ4v) is 8.47. The summed E-state index contributed by atoms with van der Waals surface area (Å²) in [6, 6.07) is -0.573. The van der Waals surface area contributed by atoms with Crippen LogP contribution in [0.5, 0.6) is 0 Å². The maximum absolute atomic E-state index is 13.5. The van der Waals surface area contributed by atoms with E-state index in [1.807, 2.05) is 40.7 Å². The van der Waals surface area contributed by atoms with Crippen LogP contribution >= 0.6 is 11.8 Å². The Morgan fingerprint density at radius 2 is 1.92 bits per heavy atom. The molecule has 39 heavy (non-hydrogen) atoms. The standard InChI is InChI=1S/C31H52N2O5S/c1-10-29(8)15-22(38-23(35)16-39-28(6,7)17-33-27(37)24(32)18(2)3)30(9)19(4)11-13-31(20(5)26(29)36)14-12-21(34)25(30)31/h10,18-20,22,24-26,36H,1,11-17,32H2,2-9H3,(H,33,37)/t19-,20-,22+,24+,25-,26-,29+,30-,31-/m0/s1. The van der Waals surface area contributed by atoms with Crippen LogP contribution in [0.2, 0.25) is 0 Å². The van der Waals surface area contributed by atoms with Crippen LogP contribution in [0.25, 0.3) is 0 Å². The maximum atomic E-state index is 13.5. The summed E-state index contributed by atoms with van der Waals surface area (Å²) in [5.41, 5.74) is 4.49. The molecule has 3 fully saturated rings. The van der Waals surface area contributed by atoms with Gasteiger partial charge in [0.05, 0.1) is 17.9 Å². The highest BCUT2D eigenvalue weighted by Gasteiger charge is 2.68. The van der Waals surface area contributed by atoms with E-state index < -0.39 is 33.8 Å². The summed E-state index contributed by atoms with van der Waals surface area (Å²) in [5.74, 6) is -0.243. The number of hydrogen-bond acceptors (Lipinski definition) is 7. The normalized spacial score (nSPS) is 39.4. The molecular weight excluding hydrogens is 512 g/mol. The quantitative estimate of drug-likeness (QED) is 0.279. The minimum Gasteiger partial charge on any atom is -0.461 e. The number of nitrogens with two attached hydrogens (primary N) is 1. The maximum Gasteiger partial charge on any atom is 0.316 e. The summed E-state index contributed by atoms with van der Waals surface area (Å²) in [5, 5.41) is 14.6. The molecule has 0 spiro atoms. The Balaban J connectivity index is 1.82. The smallest absolute Gasteiger partial charge is 0.316 e. The topological polar surface area (TPSA) is 119 Å². The lowest BCUT2D eigenvalue weighted by Crippen LogP contribution is -2.63. The average Bonchev–Trinajstić information content (AvgIpc) is 3.24. The minimum absolute atomic E-state index is 0.0382. The van der Waals surface area contributed by atoms with Gasteiger partial charge in [-0.2, -0.15) is 0 Å². The summed E-state index contributed by atoms with van der Waals surface area (Å²) >= 11 is 1.43. The highest BCUT2D eigenvalue weighted by Crippen LogP contribution is 2.68. The first kappa shape index (κ1) is 32.1. The van der Waals surface area contributed by atoms with Gasteiger partial charge in [0, 0.05) is 34.5 Å². The van der Waals surface area contributed by atoms with Gasteiger partial charge in [-0.25, -0.2) is 0 Å². The van der Waals surface area contributed by atoms with Crippen molar-refractivity contribution in [1.82, 2.24) is 5.32 Å². The molecule has 9 atom stereocenters. The number of Topliss-reactive ketones (excluding diaryl/α,β-unsaturated/α-hetero) is 1. The van der Waals surface area contributed by atoms with E-state index >= 15 is 0 Å². The molecule has 0 aromatic heterocycles. The van der Waals surface area contributed by atoms with Gasteiger partial charge in [-0.15, -0.1) is 18.3 Å². The van der Waals surface area contributed by atoms with Crippen LogP contribution < -0.4 is 11.1 Å². The second-order valence-corrected chi connectivity index (χ2v) is 15.8. The molecule has 8 heteroatoms. The lowest BCUT2D eigenvalue weighted by Gasteiger charge is -2.61. The Hall–Kier alpha value is -1.38. The summed E-state index contributed by atoms with van der Waals surface area (Å²) in [7, 11) is 0. The van der Waals surface area contributed by atoms with Crippen LogP contribution in [0.4, 0.5) is 0 Å². The van der Waals surface area contributed by atoms with Crippen LogP contribution in [0.15, 0.2) is 12.7 Å². The molecule has 3 rings (SSSR count). The molecule has 0 aromatic carbocycles. The van der Waals surface area contributed by atoms with Gasteiger partial charge in [-0.3, -0.25) is 14.4 Å². The molecule has 0 aromatic rings. The van der Waals surface area contributed by atoms with Crippen LogP contribution in [-0.4, -0.2) is 58.1 Å². The fourth-order valence-electron chi connectivity index (χ4n) is 7.72. The molecule has 0 unspecified atom stereocenters. The first-order chi connectivity index (χ1) is 17.9. The number of hydrogen-bond donors (Lipinski definition) is 3. The molecule has 0 saturated heterocycles. The van der Waals surface area contributed by atoms with E-state index in [1.54, 1.807) is 0 Å². The summed E-state index contributed by atoms with van der Waals surface area (Å²) in [4.78, 5) is 39.2. The number of aliphatic hydroxyl groups is 1. The lowest BCUT2D eigenvalue weighted by atomic mass is 9.44. The number of amides is 1. The third-order valence-electron chi connectivity index (χ3n) is 10.9. The molecule has 3 aliphatic carbocycles. The monoisotopic (exact) mass is 564 g/mol. The second-order valence-electron chi connectivity index (χ2n) is 14.1. The molecule has 2 bridgehead atoms. The molecule has 0 radical (unpaired) electrons. The Kier molecular flexibility index (Phi) is 9.46. The van der Waals surface area contributed by atoms with E-state index in [0.717, 1.165) is 19.3 Å². The van der Waals surface area contributed by atoms with E-state index in [9.17, 15) is 19.5 Å². The number of carbonyl (C=O) groups is 3. The van der Waals surface area contributed by atoms with Crippen molar-refractivity contribution in [3.8, 4) is 0 Å². The average molecular weight is 565 g/mol. The van der Waals surface area contributed by atoms with Crippen molar-refractivity contribution < 1.29 is 24.2 Å². The molecule has 3 aliphatic rings. The Labute approximate surface area is 239 Å². The molecule has 3 saturated carbocycles. The first-order valence-electron chi connectivity index (χ1n) is 14.7. The van der Waals surface area contributed by atoms with Crippen LogP contribution in [0, 0.1) is 39.9 Å². The zero-order valence-corrected chi connectivity index (χ0v) is 26.2. The van der Waals surface area contributed by atoms with Gasteiger partial charge < -0.3 is 20.9 Å². The van der Waals surface area contributed by atoms with E-state index in [-0.39, 0.29) is 52.5 Å². The van der Waals surface area contributed by atoms with Crippen molar-refractivity contribution in [3.05, 3.63) is 12.7 Å². The summed E-state index contributed by atoms with van der Waals surface area (Å²) in [6.07, 6.45) is 4.17. The van der Waals surface area contributed by atoms with E-state index in [2.05, 4.69) is 32.7 Å². The summed E-state index contributed by atoms with van der Waals surface area (Å²) < 4.78 is 5.92. The molecule has 4 N–H and O–H groups in total. The SMILES string of the molecule is C=C[C@]1(C)C[C@@H](OC(=O)CSC(C)(C)CNC(=O)[C@H](N)C(C)C)[C@@]2(C)[C@@H]3C(=O)CC[C@@]3(CC[C@@H]2C)[C@@H](C)[C@@H]1O. The molecule has 222 valence electrons. The highest BCUT2D eigenvalue weighted by atomic mass is 32.2. The van der Waals surface area contributed by atoms with Crippen LogP contribution in [0.3, 0.4) is 0 Å². The van der Waals surface area contributed by atoms with E-state index in [1.165, 1.54) is 11.8 Å². The number of nitrogens with one attached hydrogen (secondary N) is 1. The number of thioether (sulfide) groups is 1. The zero-order chi connectivity index (χ0) is 29.6. The highest BCUT2D eigenvalue weighted by molar-refractivity contribution is 8.01. The van der Waals surface area contributed by atoms with Crippen molar-refractivity contribution in [3.63, 3.8) is 0 Å². The van der Waals surface area contributed by atoms with Crippen molar-refractivity contribution in [1.29, 1.82) is 0 Å². The van der Waals surface area contributed by atoms with E-state index in [0.29, 0.717) is 19.4 Å². The number of esters is 1. The largest absolute Gasteiger partial charge is 0.461 e. The number of aliphatic hydroxyl groups excluding tert-OH is 1. The third-order valence-corrected chi connectivity index (χ3v) is 12.2. The van der Waals surface area contributed by atoms with Crippen molar-refractivity contribution >= 4 is 29.4 Å². The molecule has 0 heterocycles. The lowest BCUT2D eigenvalue weighted by molar-refractivity contribution is -0.205. The minimum atomic E-state index is -0.684. The second kappa shape index (κ2) is 11.5. The third kappa shape index (κ3) is 5.85. The van der Waals surface area contributed by atoms with E-state index in [4.69, 9.17) is 10.5 Å². The van der Waals surface area contributed by atoms with Gasteiger partial charge in [0.15, 0.2) is 0 Å². The number of ether oxygens (including phenoxy) is 1. The zero-order valence-electron chi connectivity index (χ0n) is 25.3. The molecule has 1 amide bonds. The van der Waals surface area contributed by atoms with Gasteiger partial charge in [0.25, 0.3) is 0 Å². The van der Waals surface area contributed by atoms with Gasteiger partial charge in [0.1, 0.15) is 11.9 Å². The number of carbonyl (C=O) groups excluding carboxylic acids is 3. The molecule has 7 nitrogen and oxygen atoms in total. The Bertz CT molecular complexity index is 969. The van der Waals surface area contributed by atoms with Crippen molar-refractivity contribution in [2.45, 2.75) is 110 Å². The molecular formula is C31H52N2O5S. The summed E-state index contributed by atoms with van der Waals surface area (Å²) in [6.45, 7) is 20.7. The predicted octanol–water partition coefficient (Wildman–Crippen LogP) is 4.50. The van der Waals surface area contributed by atoms with Gasteiger partial charge >= 0.3 is 5.97 Å². The van der Waals surface area contributed by atoms with Gasteiger partial charge in [-0.1, -0.05) is 47.6 Å². The number of rotatable bonds is 9. The van der Waals surface area contributed by atoms with Gasteiger partial charge in [-0.05, 0) is 62.7 Å². The predicted molar refractivity (Wildman–Crippen MR) is 157 cm³/mol. The van der Waals surface area contributed by atoms with Crippen molar-refractivity contribution in [2.24, 2.45) is 45.7 Å². The Morgan fingerprint density at radius 1 is 1.28 bits per heavy atom. The van der Waals surface area contributed by atoms with Crippen LogP contribution in [-0.2, 0) is 19.1 Å². The number of ketones is 1. The molecule has 0 aliphatic heterocycles. The Morgan fingerprint density at radius 3 is 2.51 bits per heavy atom. The fraction of sp³-hybridized carbons (Fsp3) is 0.839. The first-order valence-corrected chi connectivity index (χ1v) is 15.6. The van der Waals surface area contributed by atoms with Crippen LogP contribution in [0.1, 0.15) is 87.5 Å². The van der Waals surface area contributed by atoms with Crippen molar-refractivity contribution in [2.75, 3.05) is 12.3 Å².